The van der Waals surface area contributed by atoms with Crippen LogP contribution in [0.2, 0.25) is 0 Å². The summed E-state index contributed by atoms with van der Waals surface area (Å²) in [5.74, 6) is 1.75. The molecule has 0 saturated heterocycles. The van der Waals surface area contributed by atoms with E-state index < -0.39 is 0 Å². The summed E-state index contributed by atoms with van der Waals surface area (Å²) in [6.07, 6.45) is 5.46. The molecule has 1 N–H and O–H groups in total. The van der Waals surface area contributed by atoms with Gasteiger partial charge in [0, 0.05) is 24.3 Å². The van der Waals surface area contributed by atoms with Gasteiger partial charge in [0.15, 0.2) is 11.7 Å². The third-order valence-electron chi connectivity index (χ3n) is 4.43. The minimum Gasteiger partial charge on any atom is -0.441 e. The molecule has 0 bridgehead atoms. The van der Waals surface area contributed by atoms with Crippen LogP contribution in [0.1, 0.15) is 56.3 Å². The van der Waals surface area contributed by atoms with Gasteiger partial charge in [-0.2, -0.15) is 0 Å². The standard InChI is InChI=1S/C20H24N4O2S/c1-3-14(4-2)19-23-24-20(27-19)22-17(25)11-8-12-18-21-13-16(26-18)15-9-6-5-7-10-15/h5-7,9-10,13-14H,3-4,8,11-12H2,1-2H3,(H,22,24,25). The van der Waals surface area contributed by atoms with E-state index in [0.29, 0.717) is 36.2 Å². The Morgan fingerprint density at radius 3 is 2.70 bits per heavy atom. The lowest BCUT2D eigenvalue weighted by molar-refractivity contribution is -0.116. The molecule has 1 amide bonds. The number of oxazole rings is 1. The monoisotopic (exact) mass is 384 g/mol. The SMILES string of the molecule is CCC(CC)c1nnc(NC(=O)CCCc2ncc(-c3ccccc3)o2)s1. The molecular weight excluding hydrogens is 360 g/mol. The number of hydrogen-bond acceptors (Lipinski definition) is 6. The van der Waals surface area contributed by atoms with E-state index in [-0.39, 0.29) is 5.91 Å². The van der Waals surface area contributed by atoms with E-state index in [1.807, 2.05) is 30.3 Å². The molecule has 142 valence electrons. The van der Waals surface area contributed by atoms with Gasteiger partial charge in [0.1, 0.15) is 5.01 Å². The van der Waals surface area contributed by atoms with Gasteiger partial charge >= 0.3 is 0 Å². The predicted molar refractivity (Wildman–Crippen MR) is 107 cm³/mol. The number of carbonyl (C=O) groups excluding carboxylic acids is 1. The van der Waals surface area contributed by atoms with Crippen molar-refractivity contribution in [2.75, 3.05) is 5.32 Å². The maximum absolute atomic E-state index is 12.1. The molecule has 2 heterocycles. The highest BCUT2D eigenvalue weighted by atomic mass is 32.1. The Kier molecular flexibility index (Phi) is 6.70. The lowest BCUT2D eigenvalue weighted by Crippen LogP contribution is -2.11. The van der Waals surface area contributed by atoms with Crippen LogP contribution in [0, 0.1) is 0 Å². The first kappa shape index (κ1) is 19.2. The molecule has 0 radical (unpaired) electrons. The van der Waals surface area contributed by atoms with Gasteiger partial charge in [-0.15, -0.1) is 10.2 Å². The predicted octanol–water partition coefficient (Wildman–Crippen LogP) is 5.06. The Hall–Kier alpha value is -2.54. The average Bonchev–Trinajstić information content (AvgIpc) is 3.34. The van der Waals surface area contributed by atoms with Crippen LogP contribution in [0.3, 0.4) is 0 Å². The molecule has 0 atom stereocenters. The van der Waals surface area contributed by atoms with Gasteiger partial charge in [-0.3, -0.25) is 4.79 Å². The molecule has 27 heavy (non-hydrogen) atoms. The minimum absolute atomic E-state index is 0.0583. The second kappa shape index (κ2) is 9.41. The van der Waals surface area contributed by atoms with Crippen LogP contribution in [0.15, 0.2) is 40.9 Å². The number of carbonyl (C=O) groups is 1. The van der Waals surface area contributed by atoms with Crippen molar-refractivity contribution >= 4 is 22.4 Å². The summed E-state index contributed by atoms with van der Waals surface area (Å²) in [5, 5.41) is 12.7. The third-order valence-corrected chi connectivity index (χ3v) is 5.43. The van der Waals surface area contributed by atoms with E-state index >= 15 is 0 Å². The Balaban J connectivity index is 1.46. The quantitative estimate of drug-likeness (QED) is 0.558. The molecule has 0 spiro atoms. The van der Waals surface area contributed by atoms with Crippen molar-refractivity contribution in [3.05, 3.63) is 47.4 Å². The smallest absolute Gasteiger partial charge is 0.226 e. The fourth-order valence-corrected chi connectivity index (χ4v) is 3.86. The van der Waals surface area contributed by atoms with E-state index in [0.717, 1.165) is 29.2 Å². The van der Waals surface area contributed by atoms with Crippen molar-refractivity contribution in [3.8, 4) is 11.3 Å². The van der Waals surface area contributed by atoms with Crippen molar-refractivity contribution in [1.29, 1.82) is 0 Å². The molecule has 3 aromatic rings. The van der Waals surface area contributed by atoms with Gasteiger partial charge < -0.3 is 9.73 Å². The maximum Gasteiger partial charge on any atom is 0.226 e. The molecule has 0 unspecified atom stereocenters. The number of benzene rings is 1. The van der Waals surface area contributed by atoms with Crippen LogP contribution in [-0.4, -0.2) is 21.1 Å². The lowest BCUT2D eigenvalue weighted by atomic mass is 10.1. The van der Waals surface area contributed by atoms with Gasteiger partial charge in [-0.1, -0.05) is 55.5 Å². The highest BCUT2D eigenvalue weighted by Gasteiger charge is 2.14. The Morgan fingerprint density at radius 2 is 1.96 bits per heavy atom. The first-order valence-electron chi connectivity index (χ1n) is 9.33. The van der Waals surface area contributed by atoms with Gasteiger partial charge in [0.25, 0.3) is 0 Å². The second-order valence-electron chi connectivity index (χ2n) is 6.34. The topological polar surface area (TPSA) is 80.9 Å². The number of aryl methyl sites for hydroxylation is 1. The Labute approximate surface area is 163 Å². The summed E-state index contributed by atoms with van der Waals surface area (Å²) in [5.41, 5.74) is 0.999. The highest BCUT2D eigenvalue weighted by Crippen LogP contribution is 2.28. The van der Waals surface area contributed by atoms with Crippen molar-refractivity contribution in [1.82, 2.24) is 15.2 Å². The summed E-state index contributed by atoms with van der Waals surface area (Å²) < 4.78 is 5.76. The van der Waals surface area contributed by atoms with Crippen molar-refractivity contribution in [2.45, 2.75) is 51.9 Å². The zero-order chi connectivity index (χ0) is 19.1. The van der Waals surface area contributed by atoms with Crippen LogP contribution in [0.5, 0.6) is 0 Å². The molecule has 1 aromatic carbocycles. The molecule has 3 rings (SSSR count). The van der Waals surface area contributed by atoms with Crippen LogP contribution in [0.4, 0.5) is 5.13 Å². The summed E-state index contributed by atoms with van der Waals surface area (Å²) in [4.78, 5) is 16.4. The number of hydrogen-bond donors (Lipinski definition) is 1. The number of aromatic nitrogens is 3. The van der Waals surface area contributed by atoms with Gasteiger partial charge in [0.05, 0.1) is 6.20 Å². The Bertz CT molecular complexity index is 856. The summed E-state index contributed by atoms with van der Waals surface area (Å²) in [7, 11) is 0. The third kappa shape index (κ3) is 5.23. The van der Waals surface area contributed by atoms with Crippen molar-refractivity contribution in [3.63, 3.8) is 0 Å². The van der Waals surface area contributed by atoms with E-state index in [4.69, 9.17) is 4.42 Å². The van der Waals surface area contributed by atoms with E-state index in [9.17, 15) is 4.79 Å². The fraction of sp³-hybridized carbons (Fsp3) is 0.400. The minimum atomic E-state index is -0.0583. The molecular formula is C20H24N4O2S. The number of anilines is 1. The van der Waals surface area contributed by atoms with Crippen molar-refractivity contribution < 1.29 is 9.21 Å². The van der Waals surface area contributed by atoms with Crippen LogP contribution in [0.25, 0.3) is 11.3 Å². The molecule has 6 nitrogen and oxygen atoms in total. The lowest BCUT2D eigenvalue weighted by Gasteiger charge is -2.05. The summed E-state index contributed by atoms with van der Waals surface area (Å²) in [6.45, 7) is 4.28. The zero-order valence-corrected chi connectivity index (χ0v) is 16.5. The number of nitrogens with zero attached hydrogens (tertiary/aromatic N) is 3. The number of amides is 1. The summed E-state index contributed by atoms with van der Waals surface area (Å²) in [6, 6.07) is 9.85. The zero-order valence-electron chi connectivity index (χ0n) is 15.6. The Morgan fingerprint density at radius 1 is 1.19 bits per heavy atom. The molecule has 0 aliphatic rings. The number of nitrogens with one attached hydrogen (secondary N) is 1. The molecule has 0 aliphatic carbocycles. The van der Waals surface area contributed by atoms with Gasteiger partial charge in [-0.25, -0.2) is 4.98 Å². The highest BCUT2D eigenvalue weighted by molar-refractivity contribution is 7.15. The van der Waals surface area contributed by atoms with E-state index in [1.54, 1.807) is 6.20 Å². The van der Waals surface area contributed by atoms with Crippen molar-refractivity contribution in [2.24, 2.45) is 0 Å². The summed E-state index contributed by atoms with van der Waals surface area (Å²) >= 11 is 1.46. The van der Waals surface area contributed by atoms with Crippen LogP contribution < -0.4 is 5.32 Å². The average molecular weight is 385 g/mol. The van der Waals surface area contributed by atoms with E-state index in [2.05, 4.69) is 34.3 Å². The fourth-order valence-electron chi connectivity index (χ4n) is 2.83. The van der Waals surface area contributed by atoms with Crippen LogP contribution >= 0.6 is 11.3 Å². The molecule has 0 aliphatic heterocycles. The molecule has 0 saturated carbocycles. The second-order valence-corrected chi connectivity index (χ2v) is 7.35. The first-order chi connectivity index (χ1) is 13.2. The van der Waals surface area contributed by atoms with Gasteiger partial charge in [0.2, 0.25) is 11.0 Å². The number of rotatable bonds is 9. The van der Waals surface area contributed by atoms with Crippen LogP contribution in [-0.2, 0) is 11.2 Å². The van der Waals surface area contributed by atoms with E-state index in [1.165, 1.54) is 11.3 Å². The molecule has 7 heteroatoms. The largest absolute Gasteiger partial charge is 0.441 e. The molecule has 2 aromatic heterocycles. The maximum atomic E-state index is 12.1. The first-order valence-corrected chi connectivity index (χ1v) is 10.1. The normalized spacial score (nSPS) is 11.1. The molecule has 0 fully saturated rings. The van der Waals surface area contributed by atoms with Gasteiger partial charge in [-0.05, 0) is 19.3 Å².